The molecule has 4 heterocycles. The number of rotatable bonds is 12. The summed E-state index contributed by atoms with van der Waals surface area (Å²) in [5.74, 6) is -1.39. The van der Waals surface area contributed by atoms with Gasteiger partial charge in [-0.1, -0.05) is 67.6 Å². The lowest BCUT2D eigenvalue weighted by Crippen LogP contribution is -2.55. The van der Waals surface area contributed by atoms with Crippen molar-refractivity contribution in [2.45, 2.75) is 75.2 Å². The van der Waals surface area contributed by atoms with Gasteiger partial charge in [0, 0.05) is 53.6 Å². The highest BCUT2D eigenvalue weighted by molar-refractivity contribution is 6.71. The molecular formula is C45H52N6O8Si. The minimum absolute atomic E-state index is 0.0239. The van der Waals surface area contributed by atoms with Crippen LogP contribution in [-0.2, 0) is 37.8 Å². The number of fused-ring (bicyclic) bond motifs is 2. The standard InChI is InChI=1S/C45H52N6O8Si/c1-31-41(60(2,3)58)39(27-40(53)47(23-24-52)28-32-11-6-4-7-12-32)59-45(31)37-26-36(51(56)57)17-18-38(37)48(43(45)55)29-33-13-10-16-35(25-33)49-30-50(34-14-8-5-9-15-34)44(42(49)54)19-21-46-22-20-44/h4-18,25-26,31,39,41,46,52,58H,19-24,27-30H2,1-3H3/t31-,39+,41-,45+/m0/s1. The van der Waals surface area contributed by atoms with Gasteiger partial charge in [0.15, 0.2) is 13.9 Å². The van der Waals surface area contributed by atoms with Gasteiger partial charge in [-0.25, -0.2) is 0 Å². The summed E-state index contributed by atoms with van der Waals surface area (Å²) >= 11 is 0. The third kappa shape index (κ3) is 7.17. The van der Waals surface area contributed by atoms with Gasteiger partial charge >= 0.3 is 0 Å². The van der Waals surface area contributed by atoms with Crippen LogP contribution < -0.4 is 20.0 Å². The Balaban J connectivity index is 1.12. The van der Waals surface area contributed by atoms with Crippen LogP contribution in [-0.4, -0.2) is 90.3 Å². The average molecular weight is 833 g/mol. The van der Waals surface area contributed by atoms with Crippen molar-refractivity contribution in [3.8, 4) is 0 Å². The molecule has 0 unspecified atom stereocenters. The summed E-state index contributed by atoms with van der Waals surface area (Å²) in [6.45, 7) is 7.30. The Morgan fingerprint density at radius 3 is 2.27 bits per heavy atom. The lowest BCUT2D eigenvalue weighted by Gasteiger charge is -2.39. The Bertz CT molecular complexity index is 2270. The van der Waals surface area contributed by atoms with Gasteiger partial charge in [0.2, 0.25) is 5.91 Å². The number of anilines is 3. The van der Waals surface area contributed by atoms with E-state index in [0.29, 0.717) is 36.4 Å². The Morgan fingerprint density at radius 2 is 1.60 bits per heavy atom. The molecule has 14 nitrogen and oxygen atoms in total. The highest BCUT2D eigenvalue weighted by atomic mass is 28.4. The number of hydrogen-bond donors (Lipinski definition) is 3. The normalized spacial score (nSPS) is 23.5. The summed E-state index contributed by atoms with van der Waals surface area (Å²) < 4.78 is 6.88. The van der Waals surface area contributed by atoms with Crippen molar-refractivity contribution < 1.29 is 33.9 Å². The van der Waals surface area contributed by atoms with E-state index >= 15 is 4.79 Å². The molecule has 0 radical (unpaired) electrons. The molecule has 0 bridgehead atoms. The minimum atomic E-state index is -3.19. The number of aliphatic hydroxyl groups excluding tert-OH is 1. The molecule has 4 aliphatic heterocycles. The number of nitrogens with zero attached hydrogens (tertiary/aromatic N) is 5. The van der Waals surface area contributed by atoms with E-state index in [0.717, 1.165) is 29.9 Å². The second-order valence-corrected chi connectivity index (χ2v) is 21.0. The number of non-ortho nitro benzene ring substituents is 1. The second kappa shape index (κ2) is 16.2. The van der Waals surface area contributed by atoms with Gasteiger partial charge in [-0.3, -0.25) is 29.4 Å². The molecule has 4 atom stereocenters. The van der Waals surface area contributed by atoms with Crippen molar-refractivity contribution in [3.05, 3.63) is 130 Å². The first kappa shape index (κ1) is 41.3. The number of benzene rings is 4. The molecular weight excluding hydrogens is 781 g/mol. The van der Waals surface area contributed by atoms with Gasteiger partial charge in [0.1, 0.15) is 5.54 Å². The van der Waals surface area contributed by atoms with Crippen molar-refractivity contribution in [2.24, 2.45) is 5.92 Å². The number of amides is 3. The highest BCUT2D eigenvalue weighted by Gasteiger charge is 2.67. The zero-order chi connectivity index (χ0) is 42.4. The fraction of sp³-hybridized carbons (Fsp3) is 0.400. The Kier molecular flexibility index (Phi) is 11.1. The number of nitro benzene ring substituents is 1. The summed E-state index contributed by atoms with van der Waals surface area (Å²) in [6.07, 6.45) is 0.263. The minimum Gasteiger partial charge on any atom is -0.432 e. The van der Waals surface area contributed by atoms with Gasteiger partial charge < -0.3 is 34.7 Å². The number of nitrogens with one attached hydrogen (secondary N) is 1. The third-order valence-electron chi connectivity index (χ3n) is 13.0. The van der Waals surface area contributed by atoms with E-state index in [2.05, 4.69) is 10.2 Å². The molecule has 60 heavy (non-hydrogen) atoms. The summed E-state index contributed by atoms with van der Waals surface area (Å²) in [6, 6.07) is 31.3. The van der Waals surface area contributed by atoms with E-state index in [9.17, 15) is 29.6 Å². The van der Waals surface area contributed by atoms with E-state index in [4.69, 9.17) is 4.74 Å². The van der Waals surface area contributed by atoms with E-state index in [1.54, 1.807) is 29.0 Å². The number of carbonyl (C=O) groups is 3. The lowest BCUT2D eigenvalue weighted by molar-refractivity contribution is -0.385. The van der Waals surface area contributed by atoms with Gasteiger partial charge in [0.05, 0.1) is 43.0 Å². The SMILES string of the molecule is C[C@H]1[C@H]([Si](C)(C)O)[C@@H](CC(=O)N(CCO)Cc2ccccc2)O[C@]12C(=O)N(Cc1cccc(N3CN(c4ccccc4)C4(CCNCC4)C3=O)c1)c1ccc([N+](=O)[O-])cc12. The maximum Gasteiger partial charge on any atom is 0.269 e. The van der Waals surface area contributed by atoms with E-state index < -0.39 is 47.9 Å². The molecule has 314 valence electrons. The van der Waals surface area contributed by atoms with Crippen LogP contribution in [0.1, 0.15) is 42.9 Å². The molecule has 4 aromatic carbocycles. The monoisotopic (exact) mass is 832 g/mol. The maximum absolute atomic E-state index is 15.2. The van der Waals surface area contributed by atoms with Crippen LogP contribution in [0.15, 0.2) is 103 Å². The fourth-order valence-corrected chi connectivity index (χ4v) is 12.8. The topological polar surface area (TPSA) is 169 Å². The van der Waals surface area contributed by atoms with Crippen LogP contribution in [0.4, 0.5) is 22.7 Å². The van der Waals surface area contributed by atoms with Crippen LogP contribution in [0.3, 0.4) is 0 Å². The number of carbonyl (C=O) groups excluding carboxylic acids is 3. The fourth-order valence-electron chi connectivity index (χ4n) is 10.2. The number of piperidine rings is 1. The van der Waals surface area contributed by atoms with Crippen molar-refractivity contribution >= 4 is 48.8 Å². The van der Waals surface area contributed by atoms with Crippen LogP contribution in [0, 0.1) is 16.0 Å². The average Bonchev–Trinajstić information content (AvgIpc) is 3.78. The lowest BCUT2D eigenvalue weighted by atomic mass is 9.82. The molecule has 8 rings (SSSR count). The molecule has 3 fully saturated rings. The molecule has 0 aromatic heterocycles. The zero-order valence-electron chi connectivity index (χ0n) is 34.2. The van der Waals surface area contributed by atoms with Crippen molar-refractivity contribution in [3.63, 3.8) is 0 Å². The third-order valence-corrected chi connectivity index (χ3v) is 15.5. The number of ether oxygens (including phenoxy) is 1. The molecule has 2 spiro atoms. The molecule has 4 aliphatic rings. The predicted molar refractivity (Wildman–Crippen MR) is 230 cm³/mol. The predicted octanol–water partition coefficient (Wildman–Crippen LogP) is 5.28. The highest BCUT2D eigenvalue weighted by Crippen LogP contribution is 2.60. The zero-order valence-corrected chi connectivity index (χ0v) is 35.2. The number of aliphatic hydroxyl groups is 1. The quantitative estimate of drug-likeness (QED) is 0.0971. The smallest absolute Gasteiger partial charge is 0.269 e. The van der Waals surface area contributed by atoms with Gasteiger partial charge in [-0.05, 0) is 80.5 Å². The number of nitro groups is 1. The Morgan fingerprint density at radius 1 is 0.933 bits per heavy atom. The van der Waals surface area contributed by atoms with Crippen LogP contribution in [0.5, 0.6) is 0 Å². The Labute approximate surface area is 350 Å². The number of hydrogen-bond acceptors (Lipinski definition) is 10. The van der Waals surface area contributed by atoms with Crippen LogP contribution >= 0.6 is 0 Å². The first-order valence-electron chi connectivity index (χ1n) is 20.7. The first-order valence-corrected chi connectivity index (χ1v) is 23.7. The van der Waals surface area contributed by atoms with Crippen molar-refractivity contribution in [1.82, 2.24) is 10.2 Å². The summed E-state index contributed by atoms with van der Waals surface area (Å²) in [5.41, 5.74) is 0.799. The molecule has 15 heteroatoms. The largest absolute Gasteiger partial charge is 0.432 e. The Hall–Kier alpha value is -5.45. The molecule has 3 saturated heterocycles. The summed E-state index contributed by atoms with van der Waals surface area (Å²) in [4.78, 5) is 74.4. The second-order valence-electron chi connectivity index (χ2n) is 17.0. The maximum atomic E-state index is 15.2. The van der Waals surface area contributed by atoms with Crippen LogP contribution in [0.2, 0.25) is 18.6 Å². The van der Waals surface area contributed by atoms with E-state index in [-0.39, 0.29) is 50.2 Å². The van der Waals surface area contributed by atoms with Crippen molar-refractivity contribution in [2.75, 3.05) is 47.6 Å². The van der Waals surface area contributed by atoms with E-state index in [1.165, 1.54) is 12.1 Å². The molecule has 3 amide bonds. The summed E-state index contributed by atoms with van der Waals surface area (Å²) in [7, 11) is -3.19. The summed E-state index contributed by atoms with van der Waals surface area (Å²) in [5, 5.41) is 25.5. The number of para-hydroxylation sites is 1. The van der Waals surface area contributed by atoms with E-state index in [1.807, 2.05) is 96.8 Å². The van der Waals surface area contributed by atoms with Gasteiger partial charge in [0.25, 0.3) is 17.5 Å². The first-order chi connectivity index (χ1) is 28.8. The van der Waals surface area contributed by atoms with Crippen LogP contribution in [0.25, 0.3) is 0 Å². The van der Waals surface area contributed by atoms with Gasteiger partial charge in [-0.2, -0.15) is 0 Å². The molecule has 0 aliphatic carbocycles. The molecule has 3 N–H and O–H groups in total. The van der Waals surface area contributed by atoms with Crippen molar-refractivity contribution in [1.29, 1.82) is 0 Å². The van der Waals surface area contributed by atoms with Gasteiger partial charge in [-0.15, -0.1) is 0 Å². The molecule has 4 aromatic rings. The molecule has 0 saturated carbocycles.